The normalized spacial score (nSPS) is 19.5. The number of nitro groups is 1. The van der Waals surface area contributed by atoms with Gasteiger partial charge in [-0.15, -0.1) is 0 Å². The molecule has 0 aromatic heterocycles. The minimum absolute atomic E-state index is 0.0641. The van der Waals surface area contributed by atoms with Crippen molar-refractivity contribution in [3.05, 3.63) is 32.8 Å². The first-order chi connectivity index (χ1) is 7.50. The Kier molecular flexibility index (Phi) is 2.64. The summed E-state index contributed by atoms with van der Waals surface area (Å²) in [5, 5.41) is 10.7. The molecule has 1 heterocycles. The summed E-state index contributed by atoms with van der Waals surface area (Å²) in [6.45, 7) is 0.400. The topological polar surface area (TPSA) is 89.5 Å². The molecule has 0 spiro atoms. The predicted molar refractivity (Wildman–Crippen MR) is 61.1 cm³/mol. The lowest BCUT2D eigenvalue weighted by molar-refractivity contribution is -0.385. The molecular formula is C9H8BrN3O3. The summed E-state index contributed by atoms with van der Waals surface area (Å²) in [5.74, 6) is -0.211. The van der Waals surface area contributed by atoms with Crippen LogP contribution in [0.25, 0.3) is 0 Å². The maximum absolute atomic E-state index is 11.3. The molecule has 1 aromatic rings. The smallest absolute Gasteiger partial charge is 0.285 e. The van der Waals surface area contributed by atoms with Crippen LogP contribution in [0.1, 0.15) is 0 Å². The number of anilines is 1. The van der Waals surface area contributed by atoms with Crippen LogP contribution in [0.2, 0.25) is 0 Å². The van der Waals surface area contributed by atoms with E-state index in [1.807, 2.05) is 0 Å². The third kappa shape index (κ3) is 1.68. The molecule has 6 nitrogen and oxygen atoms in total. The number of hydrogen-bond acceptors (Lipinski definition) is 4. The summed E-state index contributed by atoms with van der Waals surface area (Å²) >= 11 is 3.08. The molecule has 0 radical (unpaired) electrons. The zero-order chi connectivity index (χ0) is 11.9. The van der Waals surface area contributed by atoms with Gasteiger partial charge in [0.1, 0.15) is 6.04 Å². The molecule has 1 fully saturated rings. The Balaban J connectivity index is 2.34. The molecule has 1 aliphatic heterocycles. The van der Waals surface area contributed by atoms with Gasteiger partial charge in [-0.2, -0.15) is 0 Å². The minimum Gasteiger partial charge on any atom is -0.318 e. The van der Waals surface area contributed by atoms with E-state index in [1.165, 1.54) is 11.0 Å². The van der Waals surface area contributed by atoms with Crippen molar-refractivity contribution >= 4 is 33.2 Å². The van der Waals surface area contributed by atoms with Crippen LogP contribution < -0.4 is 10.6 Å². The van der Waals surface area contributed by atoms with Crippen molar-refractivity contribution in [2.75, 3.05) is 11.4 Å². The summed E-state index contributed by atoms with van der Waals surface area (Å²) in [6, 6.07) is 4.06. The second-order valence-electron chi connectivity index (χ2n) is 3.45. The molecule has 2 N–H and O–H groups in total. The number of carbonyl (C=O) groups excluding carboxylic acids is 1. The van der Waals surface area contributed by atoms with E-state index in [4.69, 9.17) is 5.73 Å². The van der Waals surface area contributed by atoms with Crippen LogP contribution in [0.15, 0.2) is 22.7 Å². The molecule has 16 heavy (non-hydrogen) atoms. The van der Waals surface area contributed by atoms with Crippen LogP contribution in [-0.2, 0) is 4.79 Å². The molecule has 0 bridgehead atoms. The monoisotopic (exact) mass is 285 g/mol. The second kappa shape index (κ2) is 3.84. The van der Waals surface area contributed by atoms with Crippen LogP contribution >= 0.6 is 15.9 Å². The van der Waals surface area contributed by atoms with Crippen LogP contribution in [-0.4, -0.2) is 23.4 Å². The number of halogens is 1. The van der Waals surface area contributed by atoms with Crippen molar-refractivity contribution in [2.45, 2.75) is 6.04 Å². The summed E-state index contributed by atoms with van der Waals surface area (Å²) in [5.41, 5.74) is 5.88. The molecule has 84 valence electrons. The number of nitro benzene ring substituents is 1. The van der Waals surface area contributed by atoms with Gasteiger partial charge in [0.05, 0.1) is 21.6 Å². The van der Waals surface area contributed by atoms with Gasteiger partial charge < -0.3 is 10.6 Å². The SMILES string of the molecule is NC1CN(c2ccc(Br)c([N+](=O)[O-])c2)C1=O. The molecule has 2 rings (SSSR count). The fourth-order valence-corrected chi connectivity index (χ4v) is 1.89. The van der Waals surface area contributed by atoms with E-state index in [1.54, 1.807) is 12.1 Å². The van der Waals surface area contributed by atoms with E-state index < -0.39 is 11.0 Å². The number of β-lactam (4-membered cyclic amide) rings is 1. The number of hydrogen-bond donors (Lipinski definition) is 1. The molecule has 1 atom stereocenters. The first kappa shape index (κ1) is 11.0. The van der Waals surface area contributed by atoms with Gasteiger partial charge in [-0.1, -0.05) is 0 Å². The van der Waals surface area contributed by atoms with Crippen LogP contribution in [0.5, 0.6) is 0 Å². The summed E-state index contributed by atoms with van der Waals surface area (Å²) in [4.78, 5) is 23.0. The second-order valence-corrected chi connectivity index (χ2v) is 4.30. The van der Waals surface area contributed by atoms with Gasteiger partial charge in [0, 0.05) is 6.07 Å². The highest BCUT2D eigenvalue weighted by Gasteiger charge is 2.35. The fourth-order valence-electron chi connectivity index (χ4n) is 1.49. The lowest BCUT2D eigenvalue weighted by Crippen LogP contribution is -2.61. The molecule has 1 aromatic carbocycles. The molecule has 1 saturated heterocycles. The number of nitrogens with zero attached hydrogens (tertiary/aromatic N) is 2. The third-order valence-electron chi connectivity index (χ3n) is 2.40. The van der Waals surface area contributed by atoms with Gasteiger partial charge >= 0.3 is 0 Å². The predicted octanol–water partition coefficient (Wildman–Crippen LogP) is 1.03. The van der Waals surface area contributed by atoms with E-state index in [9.17, 15) is 14.9 Å². The highest BCUT2D eigenvalue weighted by Crippen LogP contribution is 2.31. The van der Waals surface area contributed by atoms with Crippen molar-refractivity contribution in [2.24, 2.45) is 5.73 Å². The molecule has 0 aliphatic carbocycles. The Bertz CT molecular complexity index is 477. The number of nitrogens with two attached hydrogens (primary N) is 1. The largest absolute Gasteiger partial charge is 0.318 e. The number of carbonyl (C=O) groups is 1. The van der Waals surface area contributed by atoms with Crippen LogP contribution in [0, 0.1) is 10.1 Å². The summed E-state index contributed by atoms with van der Waals surface area (Å²) in [7, 11) is 0. The quantitative estimate of drug-likeness (QED) is 0.499. The van der Waals surface area contributed by atoms with Gasteiger partial charge in [0.25, 0.3) is 5.69 Å². The lowest BCUT2D eigenvalue weighted by Gasteiger charge is -2.35. The van der Waals surface area contributed by atoms with Crippen LogP contribution in [0.4, 0.5) is 11.4 Å². The van der Waals surface area contributed by atoms with Gasteiger partial charge in [-0.25, -0.2) is 0 Å². The number of rotatable bonds is 2. The van der Waals surface area contributed by atoms with E-state index in [0.717, 1.165) is 0 Å². The highest BCUT2D eigenvalue weighted by molar-refractivity contribution is 9.10. The van der Waals surface area contributed by atoms with Crippen molar-refractivity contribution in [1.29, 1.82) is 0 Å². The van der Waals surface area contributed by atoms with Crippen molar-refractivity contribution in [3.8, 4) is 0 Å². The molecule has 1 amide bonds. The van der Waals surface area contributed by atoms with Crippen molar-refractivity contribution in [3.63, 3.8) is 0 Å². The molecule has 1 unspecified atom stereocenters. The Hall–Kier alpha value is -1.47. The molecule has 0 saturated carbocycles. The van der Waals surface area contributed by atoms with E-state index in [2.05, 4.69) is 15.9 Å². The standard InChI is InChI=1S/C9H8BrN3O3/c10-6-2-1-5(3-8(6)13(15)16)12-4-7(11)9(12)14/h1-3,7H,4,11H2. The maximum Gasteiger partial charge on any atom is 0.285 e. The van der Waals surface area contributed by atoms with Crippen molar-refractivity contribution in [1.82, 2.24) is 0 Å². The Morgan fingerprint density at radius 1 is 1.56 bits per heavy atom. The molecule has 7 heteroatoms. The molecular weight excluding hydrogens is 278 g/mol. The Morgan fingerprint density at radius 2 is 2.25 bits per heavy atom. The Morgan fingerprint density at radius 3 is 2.75 bits per heavy atom. The first-order valence-electron chi connectivity index (χ1n) is 4.51. The van der Waals surface area contributed by atoms with Gasteiger partial charge in [-0.05, 0) is 28.1 Å². The summed E-state index contributed by atoms with van der Waals surface area (Å²) < 4.78 is 0.388. The van der Waals surface area contributed by atoms with Gasteiger partial charge in [0.2, 0.25) is 5.91 Å². The first-order valence-corrected chi connectivity index (χ1v) is 5.31. The average molecular weight is 286 g/mol. The minimum atomic E-state index is -0.502. The average Bonchev–Trinajstić information content (AvgIpc) is 2.26. The third-order valence-corrected chi connectivity index (χ3v) is 3.07. The highest BCUT2D eigenvalue weighted by atomic mass is 79.9. The van der Waals surface area contributed by atoms with Gasteiger partial charge in [-0.3, -0.25) is 14.9 Å². The zero-order valence-corrected chi connectivity index (χ0v) is 9.68. The fraction of sp³-hybridized carbons (Fsp3) is 0.222. The Labute approximate surface area is 99.3 Å². The number of amides is 1. The van der Waals surface area contributed by atoms with E-state index >= 15 is 0 Å². The van der Waals surface area contributed by atoms with E-state index in [0.29, 0.717) is 16.7 Å². The molecule has 1 aliphatic rings. The van der Waals surface area contributed by atoms with Crippen molar-refractivity contribution < 1.29 is 9.72 Å². The van der Waals surface area contributed by atoms with Gasteiger partial charge in [0.15, 0.2) is 0 Å². The number of benzene rings is 1. The van der Waals surface area contributed by atoms with E-state index in [-0.39, 0.29) is 11.6 Å². The summed E-state index contributed by atoms with van der Waals surface area (Å²) in [6.07, 6.45) is 0. The maximum atomic E-state index is 11.3. The zero-order valence-electron chi connectivity index (χ0n) is 8.09. The lowest BCUT2D eigenvalue weighted by atomic mass is 10.1. The van der Waals surface area contributed by atoms with Crippen LogP contribution in [0.3, 0.4) is 0 Å².